The van der Waals surface area contributed by atoms with Crippen molar-refractivity contribution in [3.8, 4) is 17.0 Å². The van der Waals surface area contributed by atoms with Gasteiger partial charge in [0.05, 0.1) is 12.8 Å². The number of anilines is 1. The molecule has 0 bridgehead atoms. The average molecular weight is 445 g/mol. The van der Waals surface area contributed by atoms with Crippen molar-refractivity contribution in [2.24, 2.45) is 0 Å². The van der Waals surface area contributed by atoms with Gasteiger partial charge in [-0.1, -0.05) is 6.07 Å². The molecule has 1 aromatic carbocycles. The van der Waals surface area contributed by atoms with Gasteiger partial charge in [0.15, 0.2) is 0 Å². The molecular weight excluding hydrogens is 422 g/mol. The number of fused-ring (bicyclic) bond motifs is 1. The molecule has 10 nitrogen and oxygen atoms in total. The summed E-state index contributed by atoms with van der Waals surface area (Å²) in [4.78, 5) is 34.1. The maximum Gasteiger partial charge on any atom is 0.293 e. The van der Waals surface area contributed by atoms with E-state index in [0.717, 1.165) is 17.1 Å². The Balaban J connectivity index is 1.29. The van der Waals surface area contributed by atoms with Crippen LogP contribution < -0.4 is 15.2 Å². The average Bonchev–Trinajstić information content (AvgIpc) is 3.32. The fourth-order valence-electron chi connectivity index (χ4n) is 3.91. The molecule has 0 unspecified atom stereocenters. The number of carbonyl (C=O) groups excluding carboxylic acids is 1. The first kappa shape index (κ1) is 20.7. The van der Waals surface area contributed by atoms with Gasteiger partial charge in [0, 0.05) is 37.9 Å². The van der Waals surface area contributed by atoms with Crippen molar-refractivity contribution >= 4 is 17.2 Å². The number of rotatable bonds is 5. The summed E-state index contributed by atoms with van der Waals surface area (Å²) in [5.74, 6) is 1.51. The zero-order chi connectivity index (χ0) is 22.8. The van der Waals surface area contributed by atoms with Gasteiger partial charge in [-0.05, 0) is 42.5 Å². The SMILES string of the molecule is COc1ccc(-c2cc3c(=O)n(CC(=O)N4CCN(c5ccccn5)CC4)ncn3n2)cc1. The quantitative estimate of drug-likeness (QED) is 0.457. The molecule has 4 aromatic rings. The van der Waals surface area contributed by atoms with E-state index in [9.17, 15) is 9.59 Å². The summed E-state index contributed by atoms with van der Waals surface area (Å²) >= 11 is 0. The van der Waals surface area contributed by atoms with Gasteiger partial charge in [-0.15, -0.1) is 0 Å². The summed E-state index contributed by atoms with van der Waals surface area (Å²) in [5, 5.41) is 8.59. The Labute approximate surface area is 189 Å². The van der Waals surface area contributed by atoms with Crippen LogP contribution in [-0.4, -0.2) is 68.5 Å². The number of nitrogens with zero attached hydrogens (tertiary/aromatic N) is 7. The molecule has 0 atom stereocenters. The molecule has 10 heteroatoms. The number of methoxy groups -OCH3 is 1. The minimum absolute atomic E-state index is 0.109. The van der Waals surface area contributed by atoms with E-state index >= 15 is 0 Å². The first-order valence-corrected chi connectivity index (χ1v) is 10.7. The second kappa shape index (κ2) is 8.73. The molecule has 1 amide bonds. The zero-order valence-corrected chi connectivity index (χ0v) is 18.2. The van der Waals surface area contributed by atoms with Crippen LogP contribution >= 0.6 is 0 Å². The Kier molecular flexibility index (Phi) is 5.47. The zero-order valence-electron chi connectivity index (χ0n) is 18.2. The number of aromatic nitrogens is 5. The van der Waals surface area contributed by atoms with Crippen LogP contribution in [0.25, 0.3) is 16.8 Å². The van der Waals surface area contributed by atoms with Gasteiger partial charge in [0.2, 0.25) is 5.91 Å². The summed E-state index contributed by atoms with van der Waals surface area (Å²) < 4.78 is 7.82. The Hall–Kier alpha value is -4.21. The second-order valence-electron chi connectivity index (χ2n) is 7.74. The molecule has 0 aliphatic carbocycles. The van der Waals surface area contributed by atoms with Crippen LogP contribution in [0.3, 0.4) is 0 Å². The number of benzene rings is 1. The van der Waals surface area contributed by atoms with E-state index in [4.69, 9.17) is 4.74 Å². The fourth-order valence-corrected chi connectivity index (χ4v) is 3.91. The molecule has 33 heavy (non-hydrogen) atoms. The topological polar surface area (TPSA) is 97.9 Å². The summed E-state index contributed by atoms with van der Waals surface area (Å²) in [6.07, 6.45) is 3.22. The molecule has 0 spiro atoms. The van der Waals surface area contributed by atoms with E-state index in [2.05, 4.69) is 20.1 Å². The summed E-state index contributed by atoms with van der Waals surface area (Å²) in [6.45, 7) is 2.42. The van der Waals surface area contributed by atoms with Gasteiger partial charge in [0.25, 0.3) is 5.56 Å². The van der Waals surface area contributed by atoms with Crippen LogP contribution in [0.2, 0.25) is 0 Å². The minimum Gasteiger partial charge on any atom is -0.497 e. The largest absolute Gasteiger partial charge is 0.497 e. The lowest BCUT2D eigenvalue weighted by atomic mass is 10.1. The molecule has 1 aliphatic rings. The lowest BCUT2D eigenvalue weighted by molar-refractivity contribution is -0.132. The van der Waals surface area contributed by atoms with Gasteiger partial charge in [-0.2, -0.15) is 10.2 Å². The van der Waals surface area contributed by atoms with E-state index in [1.54, 1.807) is 24.3 Å². The minimum atomic E-state index is -0.356. The maximum absolute atomic E-state index is 13.0. The number of hydrogen-bond acceptors (Lipinski definition) is 7. The molecule has 1 fully saturated rings. The summed E-state index contributed by atoms with van der Waals surface area (Å²) in [5.41, 5.74) is 1.51. The first-order chi connectivity index (χ1) is 16.1. The molecule has 0 saturated carbocycles. The van der Waals surface area contributed by atoms with E-state index in [0.29, 0.717) is 37.4 Å². The highest BCUT2D eigenvalue weighted by atomic mass is 16.5. The third kappa shape index (κ3) is 4.14. The third-order valence-corrected chi connectivity index (χ3v) is 5.77. The normalized spacial score (nSPS) is 14.0. The standard InChI is InChI=1S/C23H23N7O3/c1-33-18-7-5-17(6-8-18)19-14-20-23(32)29(25-16-30(20)26-19)15-22(31)28-12-10-27(11-13-28)21-4-2-3-9-24-21/h2-9,14,16H,10-13,15H2,1H3. The Morgan fingerprint density at radius 3 is 2.55 bits per heavy atom. The molecule has 3 aromatic heterocycles. The van der Waals surface area contributed by atoms with E-state index in [1.807, 2.05) is 42.5 Å². The number of ether oxygens (including phenoxy) is 1. The van der Waals surface area contributed by atoms with E-state index in [-0.39, 0.29) is 18.0 Å². The van der Waals surface area contributed by atoms with Crippen molar-refractivity contribution in [1.29, 1.82) is 0 Å². The van der Waals surface area contributed by atoms with Gasteiger partial charge in [-0.25, -0.2) is 14.2 Å². The number of pyridine rings is 1. The second-order valence-corrected chi connectivity index (χ2v) is 7.74. The van der Waals surface area contributed by atoms with Crippen molar-refractivity contribution < 1.29 is 9.53 Å². The number of piperazine rings is 1. The van der Waals surface area contributed by atoms with Crippen LogP contribution in [0.15, 0.2) is 65.8 Å². The van der Waals surface area contributed by atoms with Crippen LogP contribution in [0.5, 0.6) is 5.75 Å². The van der Waals surface area contributed by atoms with Crippen LogP contribution in [0.4, 0.5) is 5.82 Å². The maximum atomic E-state index is 13.0. The predicted molar refractivity (Wildman–Crippen MR) is 122 cm³/mol. The van der Waals surface area contributed by atoms with Crippen molar-refractivity contribution in [1.82, 2.24) is 29.3 Å². The highest BCUT2D eigenvalue weighted by Gasteiger charge is 2.23. The van der Waals surface area contributed by atoms with Crippen LogP contribution in [0.1, 0.15) is 0 Å². The molecule has 5 rings (SSSR count). The van der Waals surface area contributed by atoms with Crippen LogP contribution in [-0.2, 0) is 11.3 Å². The Morgan fingerprint density at radius 2 is 1.85 bits per heavy atom. The molecule has 1 saturated heterocycles. The van der Waals surface area contributed by atoms with Crippen molar-refractivity contribution in [2.45, 2.75) is 6.54 Å². The summed E-state index contributed by atoms with van der Waals surface area (Å²) in [7, 11) is 1.61. The summed E-state index contributed by atoms with van der Waals surface area (Å²) in [6, 6.07) is 14.9. The Bertz CT molecular complexity index is 1320. The predicted octanol–water partition coefficient (Wildman–Crippen LogP) is 1.31. The molecule has 168 valence electrons. The lowest BCUT2D eigenvalue weighted by Gasteiger charge is -2.35. The highest BCUT2D eigenvalue weighted by molar-refractivity contribution is 5.76. The Morgan fingerprint density at radius 1 is 1.06 bits per heavy atom. The first-order valence-electron chi connectivity index (χ1n) is 10.7. The molecule has 1 aliphatic heterocycles. The number of amides is 1. The van der Waals surface area contributed by atoms with Crippen molar-refractivity contribution in [3.63, 3.8) is 0 Å². The molecule has 0 radical (unpaired) electrons. The third-order valence-electron chi connectivity index (χ3n) is 5.77. The van der Waals surface area contributed by atoms with Gasteiger partial charge < -0.3 is 14.5 Å². The monoisotopic (exact) mass is 445 g/mol. The smallest absolute Gasteiger partial charge is 0.293 e. The van der Waals surface area contributed by atoms with E-state index < -0.39 is 0 Å². The fraction of sp³-hybridized carbons (Fsp3) is 0.261. The molecule has 0 N–H and O–H groups in total. The molecular formula is C23H23N7O3. The lowest BCUT2D eigenvalue weighted by Crippen LogP contribution is -2.50. The molecule has 4 heterocycles. The van der Waals surface area contributed by atoms with Crippen LogP contribution in [0, 0.1) is 0 Å². The highest BCUT2D eigenvalue weighted by Crippen LogP contribution is 2.21. The van der Waals surface area contributed by atoms with Crippen molar-refractivity contribution in [3.05, 3.63) is 71.4 Å². The number of carbonyl (C=O) groups is 1. The van der Waals surface area contributed by atoms with Gasteiger partial charge >= 0.3 is 0 Å². The van der Waals surface area contributed by atoms with Crippen molar-refractivity contribution in [2.75, 3.05) is 38.2 Å². The van der Waals surface area contributed by atoms with Gasteiger partial charge in [0.1, 0.15) is 30.0 Å². The van der Waals surface area contributed by atoms with Gasteiger partial charge in [-0.3, -0.25) is 9.59 Å². The van der Waals surface area contributed by atoms with E-state index in [1.165, 1.54) is 15.5 Å². The number of hydrogen-bond donors (Lipinski definition) is 0.